The van der Waals surface area contributed by atoms with Crippen LogP contribution in [0.1, 0.15) is 56.2 Å². The molecule has 1 aliphatic heterocycles. The Morgan fingerprint density at radius 3 is 2.40 bits per heavy atom. The van der Waals surface area contributed by atoms with E-state index >= 15 is 0 Å². The standard InChI is InChI=1S/C23H29N5O2/c29-22(17-13-24-15-25-14-17)16-5-7-18(8-6-16)27-11-9-19(10-12-27)28-21-4-2-1-3-20(21)26-23(28)30/h1-4,13-16,18-19,22,29H,5-12H2,(H,26,30)/t16-,18+,22?. The molecule has 0 bridgehead atoms. The summed E-state index contributed by atoms with van der Waals surface area (Å²) in [6.45, 7) is 2.06. The molecule has 1 aromatic carbocycles. The van der Waals surface area contributed by atoms with Crippen LogP contribution in [0, 0.1) is 5.92 Å². The SMILES string of the molecule is O=c1[nH]c2ccccc2n1C1CCN([C@H]2CC[C@@H](C(O)c3cncnc3)CC2)CC1. The molecule has 3 heterocycles. The van der Waals surface area contributed by atoms with Crippen LogP contribution in [0.4, 0.5) is 0 Å². The van der Waals surface area contributed by atoms with Gasteiger partial charge in [0.2, 0.25) is 0 Å². The van der Waals surface area contributed by atoms with Crippen LogP contribution in [-0.4, -0.2) is 48.7 Å². The molecule has 1 saturated heterocycles. The van der Waals surface area contributed by atoms with Crippen molar-refractivity contribution in [3.63, 3.8) is 0 Å². The van der Waals surface area contributed by atoms with E-state index < -0.39 is 6.10 Å². The molecule has 1 saturated carbocycles. The van der Waals surface area contributed by atoms with Gasteiger partial charge in [-0.15, -0.1) is 0 Å². The number of likely N-dealkylation sites (tertiary alicyclic amines) is 1. The van der Waals surface area contributed by atoms with Crippen molar-refractivity contribution in [1.82, 2.24) is 24.4 Å². The van der Waals surface area contributed by atoms with Gasteiger partial charge in [0.1, 0.15) is 6.33 Å². The van der Waals surface area contributed by atoms with Gasteiger partial charge in [-0.2, -0.15) is 0 Å². The second-order valence-electron chi connectivity index (χ2n) is 8.77. The van der Waals surface area contributed by atoms with Crippen molar-refractivity contribution in [1.29, 1.82) is 0 Å². The molecule has 2 fully saturated rings. The van der Waals surface area contributed by atoms with Crippen LogP contribution in [-0.2, 0) is 0 Å². The number of H-pyrrole nitrogens is 1. The number of hydrogen-bond acceptors (Lipinski definition) is 5. The largest absolute Gasteiger partial charge is 0.388 e. The number of para-hydroxylation sites is 2. The number of piperidine rings is 1. The summed E-state index contributed by atoms with van der Waals surface area (Å²) in [6, 6.07) is 8.81. The number of hydrogen-bond donors (Lipinski definition) is 2. The maximum Gasteiger partial charge on any atom is 0.326 e. The fraction of sp³-hybridized carbons (Fsp3) is 0.522. The minimum atomic E-state index is -0.466. The van der Waals surface area contributed by atoms with Gasteiger partial charge in [0.05, 0.1) is 17.1 Å². The van der Waals surface area contributed by atoms with Gasteiger partial charge in [0.15, 0.2) is 0 Å². The van der Waals surface area contributed by atoms with Crippen LogP contribution in [0.15, 0.2) is 47.8 Å². The monoisotopic (exact) mass is 407 g/mol. The van der Waals surface area contributed by atoms with Crippen molar-refractivity contribution in [2.45, 2.75) is 56.7 Å². The summed E-state index contributed by atoms with van der Waals surface area (Å²) in [4.78, 5) is 26.2. The fourth-order valence-corrected chi connectivity index (χ4v) is 5.46. The first-order valence-corrected chi connectivity index (χ1v) is 11.1. The van der Waals surface area contributed by atoms with Crippen LogP contribution >= 0.6 is 0 Å². The first kappa shape index (κ1) is 19.5. The lowest BCUT2D eigenvalue weighted by Crippen LogP contribution is -2.44. The molecule has 30 heavy (non-hydrogen) atoms. The predicted octanol–water partition coefficient (Wildman–Crippen LogP) is 3.05. The van der Waals surface area contributed by atoms with Crippen LogP contribution in [0.3, 0.4) is 0 Å². The summed E-state index contributed by atoms with van der Waals surface area (Å²) in [5.41, 5.74) is 2.77. The van der Waals surface area contributed by atoms with E-state index in [1.54, 1.807) is 12.4 Å². The molecule has 3 aromatic rings. The van der Waals surface area contributed by atoms with Crippen molar-refractivity contribution in [2.75, 3.05) is 13.1 Å². The van der Waals surface area contributed by atoms with Gasteiger partial charge < -0.3 is 15.0 Å². The van der Waals surface area contributed by atoms with E-state index in [1.165, 1.54) is 6.33 Å². The van der Waals surface area contributed by atoms with E-state index in [-0.39, 0.29) is 17.6 Å². The lowest BCUT2D eigenvalue weighted by Gasteiger charge is -2.41. The summed E-state index contributed by atoms with van der Waals surface area (Å²) in [5, 5.41) is 10.7. The number of aromatic nitrogens is 4. The zero-order valence-electron chi connectivity index (χ0n) is 17.2. The van der Waals surface area contributed by atoms with Gasteiger partial charge >= 0.3 is 5.69 Å². The number of imidazole rings is 1. The third-order valence-corrected chi connectivity index (χ3v) is 7.11. The highest BCUT2D eigenvalue weighted by Gasteiger charge is 2.32. The van der Waals surface area contributed by atoms with Gasteiger partial charge in [-0.25, -0.2) is 14.8 Å². The van der Waals surface area contributed by atoms with Gasteiger partial charge in [0, 0.05) is 43.1 Å². The zero-order valence-corrected chi connectivity index (χ0v) is 17.2. The average molecular weight is 408 g/mol. The molecule has 0 spiro atoms. The van der Waals surface area contributed by atoms with E-state index in [9.17, 15) is 9.90 Å². The molecule has 2 aromatic heterocycles. The van der Waals surface area contributed by atoms with Crippen molar-refractivity contribution in [2.24, 2.45) is 5.92 Å². The van der Waals surface area contributed by atoms with E-state index in [0.717, 1.165) is 68.2 Å². The third kappa shape index (κ3) is 3.68. The van der Waals surface area contributed by atoms with Crippen LogP contribution < -0.4 is 5.69 Å². The number of rotatable bonds is 4. The highest BCUT2D eigenvalue weighted by atomic mass is 16.3. The first-order valence-electron chi connectivity index (χ1n) is 11.1. The second kappa shape index (κ2) is 8.32. The predicted molar refractivity (Wildman–Crippen MR) is 115 cm³/mol. The molecule has 7 heteroatoms. The molecular formula is C23H29N5O2. The molecule has 2 N–H and O–H groups in total. The van der Waals surface area contributed by atoms with Crippen LogP contribution in [0.5, 0.6) is 0 Å². The number of nitrogens with one attached hydrogen (secondary N) is 1. The smallest absolute Gasteiger partial charge is 0.326 e. The number of fused-ring (bicyclic) bond motifs is 1. The molecule has 1 atom stereocenters. The molecule has 7 nitrogen and oxygen atoms in total. The highest BCUT2D eigenvalue weighted by molar-refractivity contribution is 5.75. The molecule has 158 valence electrons. The molecule has 0 amide bonds. The van der Waals surface area contributed by atoms with E-state index in [1.807, 2.05) is 28.8 Å². The van der Waals surface area contributed by atoms with Crippen molar-refractivity contribution < 1.29 is 5.11 Å². The summed E-state index contributed by atoms with van der Waals surface area (Å²) in [7, 11) is 0. The number of benzene rings is 1. The quantitative estimate of drug-likeness (QED) is 0.694. The van der Waals surface area contributed by atoms with E-state index in [2.05, 4.69) is 19.9 Å². The molecule has 1 unspecified atom stereocenters. The van der Waals surface area contributed by atoms with Crippen LogP contribution in [0.2, 0.25) is 0 Å². The molecule has 2 aliphatic rings. The van der Waals surface area contributed by atoms with Gasteiger partial charge in [-0.05, 0) is 56.6 Å². The summed E-state index contributed by atoms with van der Waals surface area (Å²) >= 11 is 0. The number of aliphatic hydroxyl groups is 1. The Labute approximate surface area is 175 Å². The maximum absolute atomic E-state index is 12.5. The first-order chi connectivity index (χ1) is 14.7. The zero-order chi connectivity index (χ0) is 20.5. The molecule has 1 aliphatic carbocycles. The average Bonchev–Trinajstić information content (AvgIpc) is 3.15. The van der Waals surface area contributed by atoms with Gasteiger partial charge in [0.25, 0.3) is 0 Å². The van der Waals surface area contributed by atoms with Crippen molar-refractivity contribution in [3.05, 3.63) is 59.0 Å². The van der Waals surface area contributed by atoms with E-state index in [0.29, 0.717) is 6.04 Å². The lowest BCUT2D eigenvalue weighted by atomic mass is 9.80. The second-order valence-corrected chi connectivity index (χ2v) is 8.77. The van der Waals surface area contributed by atoms with Gasteiger partial charge in [-0.3, -0.25) is 4.57 Å². The lowest BCUT2D eigenvalue weighted by molar-refractivity contribution is 0.0446. The Hall–Kier alpha value is -2.51. The Morgan fingerprint density at radius 2 is 1.67 bits per heavy atom. The van der Waals surface area contributed by atoms with Crippen LogP contribution in [0.25, 0.3) is 11.0 Å². The fourth-order valence-electron chi connectivity index (χ4n) is 5.46. The number of nitrogens with zero attached hydrogens (tertiary/aromatic N) is 4. The van der Waals surface area contributed by atoms with Crippen molar-refractivity contribution in [3.8, 4) is 0 Å². The van der Waals surface area contributed by atoms with Crippen molar-refractivity contribution >= 4 is 11.0 Å². The molecule has 5 rings (SSSR count). The highest BCUT2D eigenvalue weighted by Crippen LogP contribution is 2.37. The van der Waals surface area contributed by atoms with E-state index in [4.69, 9.17) is 0 Å². The Morgan fingerprint density at radius 1 is 0.967 bits per heavy atom. The summed E-state index contributed by atoms with van der Waals surface area (Å²) in [5.74, 6) is 0.287. The Bertz CT molecular complexity index is 1030. The third-order valence-electron chi connectivity index (χ3n) is 7.11. The molecule has 0 radical (unpaired) electrons. The normalized spacial score (nSPS) is 24.8. The topological polar surface area (TPSA) is 87.0 Å². The minimum absolute atomic E-state index is 0.00837. The number of aromatic amines is 1. The Balaban J connectivity index is 1.18. The Kier molecular flexibility index (Phi) is 5.39. The maximum atomic E-state index is 12.5. The summed E-state index contributed by atoms with van der Waals surface area (Å²) in [6.07, 6.45) is 10.8. The van der Waals surface area contributed by atoms with Gasteiger partial charge in [-0.1, -0.05) is 12.1 Å². The minimum Gasteiger partial charge on any atom is -0.388 e. The molecular weight excluding hydrogens is 378 g/mol. The number of aliphatic hydroxyl groups excluding tert-OH is 1. The summed E-state index contributed by atoms with van der Waals surface area (Å²) < 4.78 is 1.96.